The highest BCUT2D eigenvalue weighted by Crippen LogP contribution is 2.57. The van der Waals surface area contributed by atoms with Crippen molar-refractivity contribution in [3.05, 3.63) is 252 Å². The van der Waals surface area contributed by atoms with E-state index >= 15 is 0 Å². The third-order valence-electron chi connectivity index (χ3n) is 14.5. The molecular weight excluding hydrogens is 889 g/mol. The Bertz CT molecular complexity index is 3990. The van der Waals surface area contributed by atoms with Crippen molar-refractivity contribution in [2.45, 2.75) is 11.8 Å². The normalized spacial score (nSPS) is 14.6. The third-order valence-corrected chi connectivity index (χ3v) is 16.8. The number of benzene rings is 9. The van der Waals surface area contributed by atoms with Crippen molar-refractivity contribution >= 4 is 63.0 Å². The Morgan fingerprint density at radius 3 is 1.06 bits per heavy atom. The van der Waals surface area contributed by atoms with Crippen LogP contribution in [-0.2, 0) is 0 Å². The lowest BCUT2D eigenvalue weighted by molar-refractivity contribution is 0.754. The SMILES string of the molecule is c1ccc(-c2cc(-c3ccc4sc5ccccc5c4c3)nc(-c3ccc4c(c3)C3c5ccccc5[C@H]4c4cc(-c5nc(-c6ccccc6)cc(-c6ccc7sc8ccccc8c7c6)n5)ccc43)n2)cc1. The van der Waals surface area contributed by atoms with Gasteiger partial charge in [0.1, 0.15) is 0 Å². The Kier molecular flexibility index (Phi) is 8.79. The predicted octanol–water partition coefficient (Wildman–Crippen LogP) is 17.0. The molecule has 0 radical (unpaired) electrons. The molecule has 4 nitrogen and oxygen atoms in total. The Labute approximate surface area is 411 Å². The highest BCUT2D eigenvalue weighted by Gasteiger charge is 2.41. The molecule has 0 aliphatic heterocycles. The minimum absolute atomic E-state index is 0.0468. The first-order valence-electron chi connectivity index (χ1n) is 23.7. The summed E-state index contributed by atoms with van der Waals surface area (Å²) < 4.78 is 5.14. The lowest BCUT2D eigenvalue weighted by Gasteiger charge is -2.42. The second-order valence-corrected chi connectivity index (χ2v) is 20.6. The van der Waals surface area contributed by atoms with E-state index in [0.717, 1.165) is 67.8 Å². The first-order chi connectivity index (χ1) is 34.6. The molecule has 9 aromatic carbocycles. The second-order valence-electron chi connectivity index (χ2n) is 18.5. The molecule has 2 bridgehead atoms. The lowest BCUT2D eigenvalue weighted by atomic mass is 9.61. The molecule has 13 aromatic rings. The van der Waals surface area contributed by atoms with Gasteiger partial charge in [-0.25, -0.2) is 19.9 Å². The van der Waals surface area contributed by atoms with Crippen LogP contribution in [0.25, 0.3) is 108 Å². The topological polar surface area (TPSA) is 51.6 Å². The van der Waals surface area contributed by atoms with Gasteiger partial charge in [-0.2, -0.15) is 0 Å². The fourth-order valence-electron chi connectivity index (χ4n) is 11.2. The number of hydrogen-bond donors (Lipinski definition) is 0. The molecule has 3 aliphatic rings. The summed E-state index contributed by atoms with van der Waals surface area (Å²) in [6.07, 6.45) is 0. The van der Waals surface area contributed by atoms with E-state index in [0.29, 0.717) is 0 Å². The van der Waals surface area contributed by atoms with Gasteiger partial charge >= 0.3 is 0 Å². The van der Waals surface area contributed by atoms with Crippen LogP contribution < -0.4 is 0 Å². The van der Waals surface area contributed by atoms with Crippen LogP contribution in [-0.4, -0.2) is 19.9 Å². The second kappa shape index (κ2) is 15.6. The van der Waals surface area contributed by atoms with Crippen molar-refractivity contribution < 1.29 is 0 Å². The Balaban J connectivity index is 0.857. The molecule has 0 saturated carbocycles. The number of rotatable bonds is 6. The van der Waals surface area contributed by atoms with E-state index in [-0.39, 0.29) is 11.8 Å². The van der Waals surface area contributed by atoms with E-state index in [9.17, 15) is 0 Å². The Morgan fingerprint density at radius 1 is 0.243 bits per heavy atom. The monoisotopic (exact) mass is 926 g/mol. The van der Waals surface area contributed by atoms with E-state index in [1.807, 2.05) is 22.7 Å². The summed E-state index contributed by atoms with van der Waals surface area (Å²) in [6.45, 7) is 0. The van der Waals surface area contributed by atoms with Gasteiger partial charge in [-0.05, 0) is 94.0 Å². The van der Waals surface area contributed by atoms with Gasteiger partial charge in [0.25, 0.3) is 0 Å². The smallest absolute Gasteiger partial charge is 0.160 e. The number of fused-ring (bicyclic) bond motifs is 6. The van der Waals surface area contributed by atoms with Crippen LogP contribution in [0.3, 0.4) is 0 Å². The summed E-state index contributed by atoms with van der Waals surface area (Å²) in [7, 11) is 0. The zero-order chi connectivity index (χ0) is 45.9. The minimum atomic E-state index is 0.0468. The summed E-state index contributed by atoms with van der Waals surface area (Å²) in [4.78, 5) is 21.4. The van der Waals surface area contributed by atoms with Gasteiger partial charge in [-0.15, -0.1) is 22.7 Å². The minimum Gasteiger partial charge on any atom is -0.228 e. The number of nitrogens with zero attached hydrogens (tertiary/aromatic N) is 4. The highest BCUT2D eigenvalue weighted by molar-refractivity contribution is 7.26. The number of aromatic nitrogens is 4. The van der Waals surface area contributed by atoms with Crippen molar-refractivity contribution in [1.82, 2.24) is 19.9 Å². The van der Waals surface area contributed by atoms with Crippen molar-refractivity contribution in [3.63, 3.8) is 0 Å². The molecule has 1 unspecified atom stereocenters. The average molecular weight is 927 g/mol. The van der Waals surface area contributed by atoms with Crippen LogP contribution in [0.2, 0.25) is 0 Å². The lowest BCUT2D eigenvalue weighted by Crippen LogP contribution is -2.27. The molecule has 3 aliphatic carbocycles. The van der Waals surface area contributed by atoms with Crippen molar-refractivity contribution in [3.8, 4) is 67.8 Å². The summed E-state index contributed by atoms with van der Waals surface area (Å²) >= 11 is 3.67. The van der Waals surface area contributed by atoms with Crippen LogP contribution in [0.4, 0.5) is 0 Å². The highest BCUT2D eigenvalue weighted by atomic mass is 32.1. The number of thiophene rings is 2. The Hall–Kier alpha value is -8.42. The summed E-state index contributed by atoms with van der Waals surface area (Å²) in [6, 6.07) is 79.0. The van der Waals surface area contributed by atoms with Gasteiger partial charge in [0.15, 0.2) is 11.6 Å². The molecular formula is C64H38N4S2. The van der Waals surface area contributed by atoms with E-state index in [1.165, 1.54) is 73.7 Å². The summed E-state index contributed by atoms with van der Waals surface area (Å²) in [5, 5.41) is 5.06. The molecule has 0 spiro atoms. The van der Waals surface area contributed by atoms with Gasteiger partial charge < -0.3 is 0 Å². The maximum absolute atomic E-state index is 5.38. The van der Waals surface area contributed by atoms with E-state index in [4.69, 9.17) is 19.9 Å². The van der Waals surface area contributed by atoms with Crippen LogP contribution >= 0.6 is 22.7 Å². The van der Waals surface area contributed by atoms with E-state index in [1.54, 1.807) is 0 Å². The molecule has 16 rings (SSSR count). The molecule has 70 heavy (non-hydrogen) atoms. The van der Waals surface area contributed by atoms with Crippen molar-refractivity contribution in [1.29, 1.82) is 0 Å². The fraction of sp³-hybridized carbons (Fsp3) is 0.0312. The Morgan fingerprint density at radius 2 is 0.600 bits per heavy atom. The van der Waals surface area contributed by atoms with E-state index < -0.39 is 0 Å². The van der Waals surface area contributed by atoms with Gasteiger partial charge in [0.2, 0.25) is 0 Å². The zero-order valence-electron chi connectivity index (χ0n) is 37.5. The molecule has 6 heteroatoms. The standard InChI is InChI=1S/C64H38N4S2/c1-3-13-37(14-4-1)53-35-55(39-25-29-59-49(31-39)43-17-9-11-21-57(43)69-59)67-63(65-53)41-23-27-47-51(33-41)61-45-19-7-8-20-46(45)62(47)52-34-42(24-28-48(52)61)64-66-54(38-15-5-2-6-16-38)36-56(68-64)40-26-30-60-50(32-40)44-18-10-12-22-58(44)70-60/h1-36,61-62H/t61-,62?/m1/s1. The quantitative estimate of drug-likeness (QED) is 0.167. The maximum atomic E-state index is 5.38. The van der Waals surface area contributed by atoms with Crippen LogP contribution in [0, 0.1) is 0 Å². The van der Waals surface area contributed by atoms with Gasteiger partial charge in [0, 0.05) is 85.6 Å². The first-order valence-corrected chi connectivity index (χ1v) is 25.4. The van der Waals surface area contributed by atoms with Gasteiger partial charge in [-0.3, -0.25) is 0 Å². The summed E-state index contributed by atoms with van der Waals surface area (Å²) in [5.41, 5.74) is 17.9. The van der Waals surface area contributed by atoms with Crippen molar-refractivity contribution in [2.24, 2.45) is 0 Å². The molecule has 2 atom stereocenters. The molecule has 0 saturated heterocycles. The largest absolute Gasteiger partial charge is 0.228 e. The van der Waals surface area contributed by atoms with Gasteiger partial charge in [0.05, 0.1) is 22.8 Å². The molecule has 4 heterocycles. The van der Waals surface area contributed by atoms with Crippen LogP contribution in [0.1, 0.15) is 45.2 Å². The van der Waals surface area contributed by atoms with Gasteiger partial charge in [-0.1, -0.05) is 158 Å². The van der Waals surface area contributed by atoms with Crippen LogP contribution in [0.15, 0.2) is 218 Å². The average Bonchev–Trinajstić information content (AvgIpc) is 4.00. The van der Waals surface area contributed by atoms with Crippen molar-refractivity contribution in [2.75, 3.05) is 0 Å². The van der Waals surface area contributed by atoms with E-state index in [2.05, 4.69) is 218 Å². The summed E-state index contributed by atoms with van der Waals surface area (Å²) in [5.74, 6) is 1.53. The first kappa shape index (κ1) is 39.6. The molecule has 4 aromatic heterocycles. The zero-order valence-corrected chi connectivity index (χ0v) is 39.2. The fourth-order valence-corrected chi connectivity index (χ4v) is 13.4. The number of hydrogen-bond acceptors (Lipinski definition) is 6. The maximum Gasteiger partial charge on any atom is 0.160 e. The molecule has 0 N–H and O–H groups in total. The predicted molar refractivity (Wildman–Crippen MR) is 291 cm³/mol. The molecule has 0 fully saturated rings. The molecule has 0 amide bonds. The molecule has 326 valence electrons. The van der Waals surface area contributed by atoms with Crippen LogP contribution in [0.5, 0.6) is 0 Å². The third kappa shape index (κ3) is 6.27.